The molecule has 4 heteroatoms. The van der Waals surface area contributed by atoms with Crippen LogP contribution in [0, 0.1) is 12.7 Å². The Hall–Kier alpha value is -1.09. The third-order valence-corrected chi connectivity index (χ3v) is 3.57. The molecule has 1 unspecified atom stereocenters. The second-order valence-electron chi connectivity index (χ2n) is 4.16. The zero-order valence-electron chi connectivity index (χ0n) is 9.75. The van der Waals surface area contributed by atoms with E-state index in [1.54, 1.807) is 12.1 Å². The minimum Gasteiger partial charge on any atom is -0.320 e. The molecule has 0 amide bonds. The number of halogens is 3. The van der Waals surface area contributed by atoms with Crippen molar-refractivity contribution in [2.45, 2.75) is 13.0 Å². The maximum absolute atomic E-state index is 13.4. The predicted octanol–water partition coefficient (Wildman–Crippen LogP) is 4.49. The van der Waals surface area contributed by atoms with E-state index in [2.05, 4.69) is 0 Å². The van der Waals surface area contributed by atoms with Crippen LogP contribution in [0.4, 0.5) is 4.39 Å². The molecule has 94 valence electrons. The zero-order chi connectivity index (χ0) is 13.3. The molecule has 2 aromatic rings. The van der Waals surface area contributed by atoms with Crippen molar-refractivity contribution >= 4 is 23.2 Å². The highest BCUT2D eigenvalue weighted by atomic mass is 35.5. The minimum absolute atomic E-state index is 0.0906. The van der Waals surface area contributed by atoms with E-state index in [1.807, 2.05) is 19.1 Å². The van der Waals surface area contributed by atoms with Gasteiger partial charge in [-0.1, -0.05) is 41.4 Å². The van der Waals surface area contributed by atoms with Crippen LogP contribution in [0.3, 0.4) is 0 Å². The maximum Gasteiger partial charge on any atom is 0.142 e. The fourth-order valence-corrected chi connectivity index (χ4v) is 2.01. The van der Waals surface area contributed by atoms with Crippen LogP contribution in [0.1, 0.15) is 22.7 Å². The summed E-state index contributed by atoms with van der Waals surface area (Å²) in [6.07, 6.45) is 0. The van der Waals surface area contributed by atoms with Crippen molar-refractivity contribution < 1.29 is 4.39 Å². The lowest BCUT2D eigenvalue weighted by molar-refractivity contribution is 0.624. The van der Waals surface area contributed by atoms with Gasteiger partial charge >= 0.3 is 0 Å². The van der Waals surface area contributed by atoms with E-state index in [1.165, 1.54) is 12.1 Å². The first-order valence-corrected chi connectivity index (χ1v) is 6.21. The van der Waals surface area contributed by atoms with Gasteiger partial charge in [0, 0.05) is 5.02 Å². The average Bonchev–Trinajstić information content (AvgIpc) is 2.35. The van der Waals surface area contributed by atoms with Crippen molar-refractivity contribution in [2.75, 3.05) is 0 Å². The van der Waals surface area contributed by atoms with E-state index in [4.69, 9.17) is 28.9 Å². The first-order valence-electron chi connectivity index (χ1n) is 5.45. The Labute approximate surface area is 115 Å². The van der Waals surface area contributed by atoms with Gasteiger partial charge in [-0.25, -0.2) is 4.39 Å². The Morgan fingerprint density at radius 1 is 1.00 bits per heavy atom. The molecule has 2 N–H and O–H groups in total. The van der Waals surface area contributed by atoms with Crippen LogP contribution >= 0.6 is 23.2 Å². The van der Waals surface area contributed by atoms with Gasteiger partial charge in [0.15, 0.2) is 0 Å². The summed E-state index contributed by atoms with van der Waals surface area (Å²) in [4.78, 5) is 0. The Kier molecular flexibility index (Phi) is 3.91. The molecule has 0 spiro atoms. The van der Waals surface area contributed by atoms with Gasteiger partial charge in [0.2, 0.25) is 0 Å². The van der Waals surface area contributed by atoms with Crippen LogP contribution in [0.2, 0.25) is 10.0 Å². The maximum atomic E-state index is 13.4. The molecule has 0 aliphatic rings. The molecule has 0 saturated heterocycles. The molecule has 18 heavy (non-hydrogen) atoms. The summed E-state index contributed by atoms with van der Waals surface area (Å²) >= 11 is 11.7. The molecule has 2 aromatic carbocycles. The highest BCUT2D eigenvalue weighted by molar-refractivity contribution is 6.31. The number of hydrogen-bond donors (Lipinski definition) is 1. The molecule has 0 bridgehead atoms. The van der Waals surface area contributed by atoms with Crippen LogP contribution in [0.15, 0.2) is 36.4 Å². The Balaban J connectivity index is 2.37. The molecule has 1 nitrogen and oxygen atoms in total. The summed E-state index contributed by atoms with van der Waals surface area (Å²) < 4.78 is 13.4. The van der Waals surface area contributed by atoms with E-state index in [9.17, 15) is 4.39 Å². The second-order valence-corrected chi connectivity index (χ2v) is 4.97. The van der Waals surface area contributed by atoms with Gasteiger partial charge in [0.1, 0.15) is 5.82 Å². The van der Waals surface area contributed by atoms with Crippen molar-refractivity contribution in [3.63, 3.8) is 0 Å². The van der Waals surface area contributed by atoms with Gasteiger partial charge in [-0.3, -0.25) is 0 Å². The lowest BCUT2D eigenvalue weighted by atomic mass is 9.98. The van der Waals surface area contributed by atoms with Crippen molar-refractivity contribution in [1.82, 2.24) is 0 Å². The lowest BCUT2D eigenvalue weighted by Gasteiger charge is -2.14. The Bertz CT molecular complexity index is 533. The van der Waals surface area contributed by atoms with Crippen LogP contribution in [-0.2, 0) is 0 Å². The van der Waals surface area contributed by atoms with Gasteiger partial charge < -0.3 is 5.73 Å². The molecule has 0 radical (unpaired) electrons. The van der Waals surface area contributed by atoms with E-state index >= 15 is 0 Å². The Morgan fingerprint density at radius 3 is 2.22 bits per heavy atom. The lowest BCUT2D eigenvalue weighted by Crippen LogP contribution is -2.12. The highest BCUT2D eigenvalue weighted by Gasteiger charge is 2.12. The SMILES string of the molecule is Cc1ccc(C(N)c2ccc(Cl)c(F)c2)cc1Cl. The van der Waals surface area contributed by atoms with E-state index in [-0.39, 0.29) is 5.02 Å². The third-order valence-electron chi connectivity index (χ3n) is 2.86. The number of rotatable bonds is 2. The zero-order valence-corrected chi connectivity index (χ0v) is 11.3. The molecule has 0 aliphatic heterocycles. The predicted molar refractivity (Wildman–Crippen MR) is 73.6 cm³/mol. The van der Waals surface area contributed by atoms with Crippen LogP contribution in [0.5, 0.6) is 0 Å². The van der Waals surface area contributed by atoms with Crippen molar-refractivity contribution in [2.24, 2.45) is 5.73 Å². The van der Waals surface area contributed by atoms with Crippen LogP contribution in [0.25, 0.3) is 0 Å². The van der Waals surface area contributed by atoms with Crippen LogP contribution < -0.4 is 5.73 Å². The monoisotopic (exact) mass is 283 g/mol. The minimum atomic E-state index is -0.470. The fourth-order valence-electron chi connectivity index (χ4n) is 1.70. The second kappa shape index (κ2) is 5.27. The summed E-state index contributed by atoms with van der Waals surface area (Å²) in [7, 11) is 0. The normalized spacial score (nSPS) is 12.5. The summed E-state index contributed by atoms with van der Waals surface area (Å²) in [5.41, 5.74) is 8.57. The Morgan fingerprint density at radius 2 is 1.61 bits per heavy atom. The highest BCUT2D eigenvalue weighted by Crippen LogP contribution is 2.26. The number of aryl methyl sites for hydroxylation is 1. The van der Waals surface area contributed by atoms with Gasteiger partial charge in [0.25, 0.3) is 0 Å². The number of nitrogens with two attached hydrogens (primary N) is 1. The first kappa shape index (κ1) is 13.3. The van der Waals surface area contributed by atoms with E-state index < -0.39 is 11.9 Å². The number of hydrogen-bond acceptors (Lipinski definition) is 1. The molecule has 0 saturated carbocycles. The first-order chi connectivity index (χ1) is 8.49. The molecule has 1 atom stereocenters. The summed E-state index contributed by atoms with van der Waals surface area (Å²) in [5.74, 6) is -0.470. The summed E-state index contributed by atoms with van der Waals surface area (Å²) in [6, 6.07) is 9.72. The molecule has 0 aromatic heterocycles. The molecule has 0 aliphatic carbocycles. The van der Waals surface area contributed by atoms with Crippen molar-refractivity contribution in [3.8, 4) is 0 Å². The number of benzene rings is 2. The molecular formula is C14H12Cl2FN. The topological polar surface area (TPSA) is 26.0 Å². The average molecular weight is 284 g/mol. The van der Waals surface area contributed by atoms with Crippen molar-refractivity contribution in [1.29, 1.82) is 0 Å². The van der Waals surface area contributed by atoms with E-state index in [0.29, 0.717) is 10.6 Å². The molecule has 0 fully saturated rings. The molecule has 2 rings (SSSR count). The fraction of sp³-hybridized carbons (Fsp3) is 0.143. The quantitative estimate of drug-likeness (QED) is 0.864. The molecular weight excluding hydrogens is 272 g/mol. The summed E-state index contributed by atoms with van der Waals surface area (Å²) in [5, 5.41) is 0.741. The largest absolute Gasteiger partial charge is 0.320 e. The van der Waals surface area contributed by atoms with Crippen molar-refractivity contribution in [3.05, 3.63) is 69.0 Å². The van der Waals surface area contributed by atoms with E-state index in [0.717, 1.165) is 11.1 Å². The smallest absolute Gasteiger partial charge is 0.142 e. The van der Waals surface area contributed by atoms with Gasteiger partial charge in [-0.05, 0) is 41.8 Å². The van der Waals surface area contributed by atoms with Gasteiger partial charge in [-0.15, -0.1) is 0 Å². The third kappa shape index (κ3) is 2.66. The molecule has 0 heterocycles. The standard InChI is InChI=1S/C14H12Cl2FN/c1-8-2-3-9(6-12(8)16)14(18)10-4-5-11(15)13(17)7-10/h2-7,14H,18H2,1H3. The van der Waals surface area contributed by atoms with Crippen LogP contribution in [-0.4, -0.2) is 0 Å². The van der Waals surface area contributed by atoms with Gasteiger partial charge in [0.05, 0.1) is 11.1 Å². The summed E-state index contributed by atoms with van der Waals surface area (Å²) in [6.45, 7) is 1.92. The van der Waals surface area contributed by atoms with Gasteiger partial charge in [-0.2, -0.15) is 0 Å².